The standard InChI is InChI=1S/C15H14ClN5O2S2/c1-24-15-20-19-14(25-15)17-11(22)3-2-4-12-18-13(21-23-12)9-5-7-10(16)8-6-9/h5-8H,2-4H2,1H3,(H,17,19,22). The van der Waals surface area contributed by atoms with Gasteiger partial charge in [-0.25, -0.2) is 0 Å². The number of nitrogens with zero attached hydrogens (tertiary/aromatic N) is 4. The highest BCUT2D eigenvalue weighted by molar-refractivity contribution is 8.00. The van der Waals surface area contributed by atoms with E-state index in [1.165, 1.54) is 23.1 Å². The summed E-state index contributed by atoms with van der Waals surface area (Å²) in [7, 11) is 0. The van der Waals surface area contributed by atoms with E-state index in [2.05, 4.69) is 25.7 Å². The Bertz CT molecular complexity index is 850. The highest BCUT2D eigenvalue weighted by Gasteiger charge is 2.11. The predicted octanol–water partition coefficient (Wildman–Crippen LogP) is 3.92. The lowest BCUT2D eigenvalue weighted by atomic mass is 10.2. The van der Waals surface area contributed by atoms with Crippen molar-refractivity contribution in [3.8, 4) is 11.4 Å². The zero-order chi connectivity index (χ0) is 17.6. The number of aryl methyl sites for hydroxylation is 1. The molecule has 3 rings (SSSR count). The molecule has 25 heavy (non-hydrogen) atoms. The third-order valence-electron chi connectivity index (χ3n) is 3.19. The number of hydrogen-bond donors (Lipinski definition) is 1. The maximum Gasteiger partial charge on any atom is 0.226 e. The molecule has 1 amide bonds. The number of nitrogens with one attached hydrogen (secondary N) is 1. The summed E-state index contributed by atoms with van der Waals surface area (Å²) >= 11 is 8.70. The second-order valence-electron chi connectivity index (χ2n) is 5.00. The van der Waals surface area contributed by atoms with Crippen LogP contribution in [-0.4, -0.2) is 32.5 Å². The Morgan fingerprint density at radius 3 is 2.84 bits per heavy atom. The van der Waals surface area contributed by atoms with Crippen LogP contribution in [0.1, 0.15) is 18.7 Å². The van der Waals surface area contributed by atoms with Crippen molar-refractivity contribution >= 4 is 45.7 Å². The molecule has 0 aliphatic heterocycles. The second kappa shape index (κ2) is 8.41. The van der Waals surface area contributed by atoms with Crippen LogP contribution in [0, 0.1) is 0 Å². The maximum atomic E-state index is 11.9. The Hall–Kier alpha value is -1.97. The molecule has 10 heteroatoms. The first-order chi connectivity index (χ1) is 12.1. The van der Waals surface area contributed by atoms with Gasteiger partial charge in [-0.15, -0.1) is 10.2 Å². The largest absolute Gasteiger partial charge is 0.339 e. The van der Waals surface area contributed by atoms with Gasteiger partial charge in [0.25, 0.3) is 0 Å². The summed E-state index contributed by atoms with van der Waals surface area (Å²) in [6.07, 6.45) is 3.38. The lowest BCUT2D eigenvalue weighted by molar-refractivity contribution is -0.116. The molecule has 0 aliphatic carbocycles. The van der Waals surface area contributed by atoms with Gasteiger partial charge in [0.1, 0.15) is 0 Å². The van der Waals surface area contributed by atoms with Crippen molar-refractivity contribution < 1.29 is 9.32 Å². The highest BCUT2D eigenvalue weighted by atomic mass is 35.5. The van der Waals surface area contributed by atoms with Gasteiger partial charge in [0.2, 0.25) is 22.8 Å². The van der Waals surface area contributed by atoms with Crippen molar-refractivity contribution in [2.45, 2.75) is 23.6 Å². The fourth-order valence-corrected chi connectivity index (χ4v) is 3.31. The van der Waals surface area contributed by atoms with Crippen LogP contribution in [0.2, 0.25) is 5.02 Å². The molecule has 1 N–H and O–H groups in total. The maximum absolute atomic E-state index is 11.9. The molecule has 1 aromatic carbocycles. The van der Waals surface area contributed by atoms with Crippen LogP contribution in [0.4, 0.5) is 5.13 Å². The van der Waals surface area contributed by atoms with Gasteiger partial charge in [-0.3, -0.25) is 4.79 Å². The molecule has 0 fully saturated rings. The number of halogens is 1. The van der Waals surface area contributed by atoms with E-state index in [0.717, 1.165) is 9.90 Å². The fraction of sp³-hybridized carbons (Fsp3) is 0.267. The van der Waals surface area contributed by atoms with E-state index in [1.807, 2.05) is 18.4 Å². The molecule has 0 unspecified atom stereocenters. The number of rotatable bonds is 7. The van der Waals surface area contributed by atoms with E-state index in [4.69, 9.17) is 16.1 Å². The molecule has 0 spiro atoms. The molecular formula is C15H14ClN5O2S2. The van der Waals surface area contributed by atoms with E-state index in [0.29, 0.717) is 41.1 Å². The summed E-state index contributed by atoms with van der Waals surface area (Å²) in [5.74, 6) is 0.897. The van der Waals surface area contributed by atoms with Gasteiger partial charge in [-0.1, -0.05) is 39.9 Å². The minimum Gasteiger partial charge on any atom is -0.339 e. The average Bonchev–Trinajstić information content (AvgIpc) is 3.25. The second-order valence-corrected chi connectivity index (χ2v) is 7.46. The molecule has 0 bridgehead atoms. The number of anilines is 1. The fourth-order valence-electron chi connectivity index (χ4n) is 2.00. The molecule has 2 aromatic heterocycles. The van der Waals surface area contributed by atoms with Crippen LogP contribution in [0.5, 0.6) is 0 Å². The summed E-state index contributed by atoms with van der Waals surface area (Å²) in [6.45, 7) is 0. The van der Waals surface area contributed by atoms with Crippen molar-refractivity contribution in [2.24, 2.45) is 0 Å². The number of carbonyl (C=O) groups excluding carboxylic acids is 1. The molecule has 0 aliphatic rings. The Morgan fingerprint density at radius 1 is 1.32 bits per heavy atom. The van der Waals surface area contributed by atoms with Crippen molar-refractivity contribution in [2.75, 3.05) is 11.6 Å². The van der Waals surface area contributed by atoms with E-state index in [-0.39, 0.29) is 5.91 Å². The molecular weight excluding hydrogens is 382 g/mol. The van der Waals surface area contributed by atoms with Gasteiger partial charge in [0.15, 0.2) is 4.34 Å². The van der Waals surface area contributed by atoms with Crippen LogP contribution in [0.3, 0.4) is 0 Å². The highest BCUT2D eigenvalue weighted by Crippen LogP contribution is 2.23. The van der Waals surface area contributed by atoms with Crippen molar-refractivity contribution in [3.05, 3.63) is 35.2 Å². The van der Waals surface area contributed by atoms with Crippen LogP contribution < -0.4 is 5.32 Å². The van der Waals surface area contributed by atoms with Gasteiger partial charge in [-0.2, -0.15) is 4.98 Å². The quantitative estimate of drug-likeness (QED) is 0.478. The molecule has 7 nitrogen and oxygen atoms in total. The summed E-state index contributed by atoms with van der Waals surface area (Å²) < 4.78 is 6.03. The average molecular weight is 396 g/mol. The van der Waals surface area contributed by atoms with E-state index in [9.17, 15) is 4.79 Å². The molecule has 2 heterocycles. The minimum atomic E-state index is -0.110. The van der Waals surface area contributed by atoms with Gasteiger partial charge in [0.05, 0.1) is 0 Å². The molecule has 0 radical (unpaired) electrons. The third-order valence-corrected chi connectivity index (χ3v) is 5.26. The molecule has 0 saturated carbocycles. The molecule has 0 saturated heterocycles. The first-order valence-corrected chi connectivity index (χ1v) is 9.82. The summed E-state index contributed by atoms with van der Waals surface area (Å²) in [6, 6.07) is 7.20. The smallest absolute Gasteiger partial charge is 0.226 e. The molecule has 0 atom stereocenters. The summed E-state index contributed by atoms with van der Waals surface area (Å²) in [5.41, 5.74) is 0.831. The number of hydrogen-bond acceptors (Lipinski definition) is 8. The zero-order valence-electron chi connectivity index (χ0n) is 13.2. The van der Waals surface area contributed by atoms with E-state index >= 15 is 0 Å². The number of amides is 1. The first-order valence-electron chi connectivity index (χ1n) is 7.40. The lowest BCUT2D eigenvalue weighted by Gasteiger charge is -1.99. The summed E-state index contributed by atoms with van der Waals surface area (Å²) in [5, 5.41) is 15.7. The SMILES string of the molecule is CSc1nnc(NC(=O)CCCc2nc(-c3ccc(Cl)cc3)no2)s1. The van der Waals surface area contributed by atoms with Gasteiger partial charge in [0, 0.05) is 23.4 Å². The number of aromatic nitrogens is 4. The minimum absolute atomic E-state index is 0.110. The van der Waals surface area contributed by atoms with Gasteiger partial charge < -0.3 is 9.84 Å². The van der Waals surface area contributed by atoms with E-state index in [1.54, 1.807) is 12.1 Å². The van der Waals surface area contributed by atoms with Crippen molar-refractivity contribution in [1.29, 1.82) is 0 Å². The Kier molecular flexibility index (Phi) is 6.00. The Labute approximate surface area is 157 Å². The van der Waals surface area contributed by atoms with Gasteiger partial charge in [-0.05, 0) is 36.9 Å². The van der Waals surface area contributed by atoms with Crippen molar-refractivity contribution in [3.63, 3.8) is 0 Å². The van der Waals surface area contributed by atoms with Crippen molar-refractivity contribution in [1.82, 2.24) is 20.3 Å². The van der Waals surface area contributed by atoms with E-state index < -0.39 is 0 Å². The van der Waals surface area contributed by atoms with Crippen LogP contribution >= 0.6 is 34.7 Å². The van der Waals surface area contributed by atoms with Crippen LogP contribution in [-0.2, 0) is 11.2 Å². The van der Waals surface area contributed by atoms with Crippen LogP contribution in [0.15, 0.2) is 33.1 Å². The predicted molar refractivity (Wildman–Crippen MR) is 98.0 cm³/mol. The number of thioether (sulfide) groups is 1. The summed E-state index contributed by atoms with van der Waals surface area (Å²) in [4.78, 5) is 16.2. The molecule has 3 aromatic rings. The zero-order valence-corrected chi connectivity index (χ0v) is 15.6. The Balaban J connectivity index is 1.47. The topological polar surface area (TPSA) is 93.8 Å². The van der Waals surface area contributed by atoms with Crippen LogP contribution in [0.25, 0.3) is 11.4 Å². The number of carbonyl (C=O) groups is 1. The number of benzene rings is 1. The third kappa shape index (κ3) is 5.00. The normalized spacial score (nSPS) is 10.8. The monoisotopic (exact) mass is 395 g/mol. The first kappa shape index (κ1) is 17.8. The molecule has 130 valence electrons. The Morgan fingerprint density at radius 2 is 2.12 bits per heavy atom. The van der Waals surface area contributed by atoms with Gasteiger partial charge >= 0.3 is 0 Å². The lowest BCUT2D eigenvalue weighted by Crippen LogP contribution is -2.11.